The van der Waals surface area contributed by atoms with Crippen LogP contribution in [0, 0.1) is 20.8 Å². The van der Waals surface area contributed by atoms with Crippen LogP contribution >= 0.6 is 0 Å². The molecule has 0 fully saturated rings. The minimum atomic E-state index is -0.0852. The third-order valence-electron chi connectivity index (χ3n) is 17.7. The van der Waals surface area contributed by atoms with Crippen LogP contribution in [0.1, 0.15) is 95.7 Å². The molecule has 408 valence electrons. The summed E-state index contributed by atoms with van der Waals surface area (Å²) in [5.74, 6) is 0.898. The zero-order valence-corrected chi connectivity index (χ0v) is 50.0. The van der Waals surface area contributed by atoms with Gasteiger partial charge < -0.3 is 23.7 Å². The summed E-state index contributed by atoms with van der Waals surface area (Å²) in [6.07, 6.45) is 0. The molecular weight excluding hydrogens is 1010 g/mol. The third kappa shape index (κ3) is 8.67. The number of hydrogen-bond acceptors (Lipinski definition) is 4. The lowest BCUT2D eigenvalue weighted by atomic mass is 9.33. The second kappa shape index (κ2) is 19.0. The van der Waals surface area contributed by atoms with E-state index in [1.807, 2.05) is 6.07 Å². The first-order valence-electron chi connectivity index (χ1n) is 29.5. The van der Waals surface area contributed by atoms with Gasteiger partial charge in [-0.3, -0.25) is 0 Å². The SMILES string of the molecule is Cc1cc2c3c(c1)N(c1cc(C)c(-c4cc5ccccc5o4)c(C)c1)c1cc(C(C)(C)C)ccc1B3c1ccc(N(c3ccc(C(C)(C)C)cc3)c3ccc4c5ccccc5n(-c5ccccc5)c4c3)cc1N2c1ccc(C(C)(C)C)cc1. The van der Waals surface area contributed by atoms with Crippen LogP contribution in [0.25, 0.3) is 49.8 Å². The highest BCUT2D eigenvalue weighted by Gasteiger charge is 2.44. The lowest BCUT2D eigenvalue weighted by Gasteiger charge is -2.45. The summed E-state index contributed by atoms with van der Waals surface area (Å²) < 4.78 is 8.99. The Morgan fingerprint density at radius 3 is 1.59 bits per heavy atom. The van der Waals surface area contributed by atoms with Crippen molar-refractivity contribution in [2.24, 2.45) is 0 Å². The van der Waals surface area contributed by atoms with Crippen LogP contribution in [0.5, 0.6) is 0 Å². The number of fused-ring (bicyclic) bond motifs is 8. The number of rotatable bonds is 7. The molecule has 4 heterocycles. The summed E-state index contributed by atoms with van der Waals surface area (Å²) in [5, 5.41) is 3.57. The van der Waals surface area contributed by atoms with Gasteiger partial charge in [-0.1, -0.05) is 165 Å². The van der Waals surface area contributed by atoms with Crippen molar-refractivity contribution in [2.75, 3.05) is 14.7 Å². The van der Waals surface area contributed by atoms with E-state index >= 15 is 0 Å². The molecule has 83 heavy (non-hydrogen) atoms. The van der Waals surface area contributed by atoms with Gasteiger partial charge in [-0.15, -0.1) is 0 Å². The number of furan rings is 1. The molecule has 0 bridgehead atoms. The number of nitrogens with zero attached hydrogens (tertiary/aromatic N) is 4. The average molecular weight is 1080 g/mol. The van der Waals surface area contributed by atoms with Crippen molar-refractivity contribution in [3.8, 4) is 17.0 Å². The minimum absolute atomic E-state index is 0.00572. The molecule has 0 saturated heterocycles. The maximum Gasteiger partial charge on any atom is 0.252 e. The molecule has 2 aliphatic rings. The third-order valence-corrected chi connectivity index (χ3v) is 17.7. The molecule has 0 spiro atoms. The number of aryl methyl sites for hydroxylation is 3. The van der Waals surface area contributed by atoms with Gasteiger partial charge in [0.1, 0.15) is 11.3 Å². The van der Waals surface area contributed by atoms with E-state index in [2.05, 4.69) is 309 Å². The summed E-state index contributed by atoms with van der Waals surface area (Å²) >= 11 is 0. The predicted octanol–water partition coefficient (Wildman–Crippen LogP) is 19.6. The van der Waals surface area contributed by atoms with Gasteiger partial charge in [-0.05, 0) is 196 Å². The quantitative estimate of drug-likeness (QED) is 0.149. The summed E-state index contributed by atoms with van der Waals surface area (Å²) in [6.45, 7) is 27.5. The predicted molar refractivity (Wildman–Crippen MR) is 355 cm³/mol. The Morgan fingerprint density at radius 2 is 0.928 bits per heavy atom. The van der Waals surface area contributed by atoms with Crippen molar-refractivity contribution in [1.82, 2.24) is 4.57 Å². The zero-order chi connectivity index (χ0) is 57.4. The first kappa shape index (κ1) is 52.1. The largest absolute Gasteiger partial charge is 0.456 e. The van der Waals surface area contributed by atoms with Crippen molar-refractivity contribution in [2.45, 2.75) is 99.3 Å². The highest BCUT2D eigenvalue weighted by molar-refractivity contribution is 7.00. The van der Waals surface area contributed by atoms with Gasteiger partial charge in [0.25, 0.3) is 6.71 Å². The fourth-order valence-corrected chi connectivity index (χ4v) is 13.5. The molecule has 2 aliphatic heterocycles. The van der Waals surface area contributed by atoms with E-state index in [-0.39, 0.29) is 23.0 Å². The Balaban J connectivity index is 1.01. The van der Waals surface area contributed by atoms with E-state index in [9.17, 15) is 0 Å². The molecule has 0 radical (unpaired) electrons. The Kier molecular flexibility index (Phi) is 12.0. The Morgan fingerprint density at radius 1 is 0.398 bits per heavy atom. The summed E-state index contributed by atoms with van der Waals surface area (Å²) in [4.78, 5) is 7.62. The second-order valence-corrected chi connectivity index (χ2v) is 26.5. The van der Waals surface area contributed by atoms with E-state index in [4.69, 9.17) is 4.42 Å². The van der Waals surface area contributed by atoms with Gasteiger partial charge in [-0.2, -0.15) is 0 Å². The number of para-hydroxylation sites is 3. The van der Waals surface area contributed by atoms with E-state index in [1.165, 1.54) is 83.1 Å². The maximum atomic E-state index is 6.56. The van der Waals surface area contributed by atoms with Crippen molar-refractivity contribution in [1.29, 1.82) is 0 Å². The van der Waals surface area contributed by atoms with Gasteiger partial charge in [0, 0.05) is 78.6 Å². The highest BCUT2D eigenvalue weighted by Crippen LogP contribution is 2.49. The molecular formula is C77H71BN4O. The standard InChI is InChI=1S/C77H71BN4O/c1-48-40-69-74-70(41-48)82(60-42-49(2)73(50(3)43-60)72-44-51-20-16-19-25-71(51)83-72)67-45-54(77(10,11)12)30-38-63(67)78(74)64-39-36-59(47-68(64)81(69)57-33-28-53(29-34-57)76(7,8)9)79(56-31-26-52(27-32-56)75(4,5)6)58-35-37-62-61-23-17-18-24-65(61)80(66(62)46-58)55-21-14-13-15-22-55/h13-47H,1-12H3. The fourth-order valence-electron chi connectivity index (χ4n) is 13.5. The second-order valence-electron chi connectivity index (χ2n) is 26.5. The lowest BCUT2D eigenvalue weighted by molar-refractivity contribution is 0.590. The van der Waals surface area contributed by atoms with Gasteiger partial charge in [0.15, 0.2) is 0 Å². The zero-order valence-electron chi connectivity index (χ0n) is 50.0. The van der Waals surface area contributed by atoms with Crippen molar-refractivity contribution < 1.29 is 4.42 Å². The average Bonchev–Trinajstić information content (AvgIpc) is 2.57. The Hall–Kier alpha value is -9.00. The van der Waals surface area contributed by atoms with Crippen LogP contribution in [0.3, 0.4) is 0 Å². The van der Waals surface area contributed by atoms with Gasteiger partial charge in [0.2, 0.25) is 0 Å². The van der Waals surface area contributed by atoms with Crippen LogP contribution in [0.4, 0.5) is 51.2 Å². The Bertz CT molecular complexity index is 4490. The fraction of sp³-hybridized carbons (Fsp3) is 0.195. The van der Waals surface area contributed by atoms with E-state index < -0.39 is 0 Å². The smallest absolute Gasteiger partial charge is 0.252 e. The molecule has 12 aromatic rings. The van der Waals surface area contributed by atoms with E-state index in [0.29, 0.717) is 0 Å². The van der Waals surface area contributed by atoms with Crippen LogP contribution in [-0.4, -0.2) is 11.3 Å². The van der Waals surface area contributed by atoms with Gasteiger partial charge >= 0.3 is 0 Å². The van der Waals surface area contributed by atoms with Crippen molar-refractivity contribution in [3.05, 3.63) is 246 Å². The van der Waals surface area contributed by atoms with Crippen LogP contribution in [0.2, 0.25) is 0 Å². The highest BCUT2D eigenvalue weighted by atomic mass is 16.3. The van der Waals surface area contributed by atoms with Crippen LogP contribution in [-0.2, 0) is 16.2 Å². The molecule has 0 atom stereocenters. The van der Waals surface area contributed by atoms with Crippen molar-refractivity contribution >= 4 is 107 Å². The number of anilines is 9. The molecule has 5 nitrogen and oxygen atoms in total. The van der Waals surface area contributed by atoms with Crippen molar-refractivity contribution in [3.63, 3.8) is 0 Å². The maximum absolute atomic E-state index is 6.56. The summed E-state index contributed by atoms with van der Waals surface area (Å²) in [6, 6.07) is 80.0. The molecule has 0 saturated carbocycles. The monoisotopic (exact) mass is 1080 g/mol. The molecule has 0 aliphatic carbocycles. The first-order chi connectivity index (χ1) is 39.8. The topological polar surface area (TPSA) is 27.8 Å². The number of benzene rings is 10. The minimum Gasteiger partial charge on any atom is -0.456 e. The first-order valence-corrected chi connectivity index (χ1v) is 29.5. The summed E-state index contributed by atoms with van der Waals surface area (Å²) in [7, 11) is 0. The summed E-state index contributed by atoms with van der Waals surface area (Å²) in [5.41, 5.74) is 27.0. The number of hydrogen-bond donors (Lipinski definition) is 0. The molecule has 0 unspecified atom stereocenters. The molecule has 0 amide bonds. The number of aromatic nitrogens is 1. The van der Waals surface area contributed by atoms with E-state index in [1.54, 1.807) is 0 Å². The Labute approximate surface area is 490 Å². The molecule has 2 aromatic heterocycles. The lowest BCUT2D eigenvalue weighted by Crippen LogP contribution is -2.61. The molecule has 0 N–H and O–H groups in total. The normalized spacial score (nSPS) is 13.2. The van der Waals surface area contributed by atoms with Gasteiger partial charge in [-0.25, -0.2) is 0 Å². The molecule has 6 heteroatoms. The van der Waals surface area contributed by atoms with E-state index in [0.717, 1.165) is 67.6 Å². The van der Waals surface area contributed by atoms with Gasteiger partial charge in [0.05, 0.1) is 11.0 Å². The van der Waals surface area contributed by atoms with Crippen LogP contribution < -0.4 is 31.1 Å². The molecule has 14 rings (SSSR count). The van der Waals surface area contributed by atoms with Crippen LogP contribution in [0.15, 0.2) is 217 Å². The molecule has 10 aromatic carbocycles.